The molecule has 2 aliphatic carbocycles. The Morgan fingerprint density at radius 1 is 0.539 bits per heavy atom. The molecule has 8 heteroatoms. The van der Waals surface area contributed by atoms with Crippen molar-refractivity contribution < 1.29 is 14.8 Å². The van der Waals surface area contributed by atoms with E-state index in [-0.39, 0.29) is 7.92 Å². The summed E-state index contributed by atoms with van der Waals surface area (Å²) in [6.07, 6.45) is 19.6. The normalized spacial score (nSPS) is 13.7. The van der Waals surface area contributed by atoms with E-state index in [1.165, 1.54) is 114 Å². The van der Waals surface area contributed by atoms with Crippen molar-refractivity contribution in [3.05, 3.63) is 204 Å². The van der Waals surface area contributed by atoms with Gasteiger partial charge in [0.25, 0.3) is 0 Å². The molecule has 2 aromatic heterocycles. The highest BCUT2D eigenvalue weighted by molar-refractivity contribution is 7.67. The fraction of sp³-hybridized carbons (Fsp3) is 0.324. The molecular weight excluding hydrogens is 970 g/mol. The number of aryl methyl sites for hydroxylation is 1. The zero-order valence-electron chi connectivity index (χ0n) is 45.8. The number of methoxy groups -OCH3 is 1. The first-order valence-electron chi connectivity index (χ1n) is 27.7. The fourth-order valence-electron chi connectivity index (χ4n) is 10.7. The minimum atomic E-state index is -1.13. The lowest BCUT2D eigenvalue weighted by atomic mass is 9.80. The molecule has 6 aromatic carbocycles. The third kappa shape index (κ3) is 17.3. The summed E-state index contributed by atoms with van der Waals surface area (Å²) in [4.78, 5) is 8.91. The van der Waals surface area contributed by atoms with Crippen molar-refractivity contribution in [1.82, 2.24) is 9.97 Å². The Kier molecular flexibility index (Phi) is 23.0. The van der Waals surface area contributed by atoms with E-state index in [9.17, 15) is 0 Å². The number of ether oxygens (including phenoxy) is 1. The van der Waals surface area contributed by atoms with E-state index < -0.39 is 7.12 Å². The predicted octanol–water partition coefficient (Wildman–Crippen LogP) is 18.2. The first-order valence-corrected chi connectivity index (χ1v) is 29.6. The second kappa shape index (κ2) is 30.2. The van der Waals surface area contributed by atoms with Gasteiger partial charge in [0.05, 0.1) is 18.5 Å². The summed E-state index contributed by atoms with van der Waals surface area (Å²) in [5.41, 5.74) is 16.3. The molecule has 0 unspecified atom stereocenters. The summed E-state index contributed by atoms with van der Waals surface area (Å²) in [6, 6.07) is 61.5. The van der Waals surface area contributed by atoms with Gasteiger partial charge in [0.2, 0.25) is 0 Å². The molecule has 0 saturated heterocycles. The summed E-state index contributed by atoms with van der Waals surface area (Å²) >= 11 is 6.01. The monoisotopic (exact) mass is 1050 g/mol. The highest BCUT2D eigenvalue weighted by atomic mass is 35.5. The third-order valence-electron chi connectivity index (χ3n) is 14.2. The molecule has 0 bridgehead atoms. The maximum absolute atomic E-state index is 8.28. The molecule has 76 heavy (non-hydrogen) atoms. The molecule has 2 fully saturated rings. The van der Waals surface area contributed by atoms with E-state index >= 15 is 0 Å². The molecule has 0 amide bonds. The van der Waals surface area contributed by atoms with Crippen LogP contribution in [0, 0.1) is 18.8 Å². The molecule has 2 saturated carbocycles. The van der Waals surface area contributed by atoms with Gasteiger partial charge in [-0.15, -0.1) is 0 Å². The first-order chi connectivity index (χ1) is 37.0. The Hall–Kier alpha value is -5.88. The van der Waals surface area contributed by atoms with Gasteiger partial charge in [-0.25, -0.2) is 0 Å². The summed E-state index contributed by atoms with van der Waals surface area (Å²) in [6.45, 7) is 10.6. The van der Waals surface area contributed by atoms with E-state index in [0.717, 1.165) is 40.4 Å². The van der Waals surface area contributed by atoms with Gasteiger partial charge in [0.1, 0.15) is 5.75 Å². The number of benzene rings is 6. The van der Waals surface area contributed by atoms with Gasteiger partial charge < -0.3 is 14.8 Å². The number of nitrogens with zero attached hydrogens (tertiary/aromatic N) is 2. The van der Waals surface area contributed by atoms with Gasteiger partial charge in [0, 0.05) is 34.1 Å². The van der Waals surface area contributed by atoms with E-state index in [4.69, 9.17) is 26.4 Å². The molecule has 5 nitrogen and oxygen atoms in total. The largest absolute Gasteiger partial charge is 0.496 e. The number of rotatable bonds is 13. The zero-order valence-corrected chi connectivity index (χ0v) is 47.4. The topological polar surface area (TPSA) is 75.5 Å². The SMILES string of the molecule is CC(C)CB(O)O.CC(C)Cc1ccnc(-c2cccc(-c3ccccc3)c2)c1.COc1cccc(C)c1-c1ccccc1P(C1CCCCC1)C1CCCCC1.Clc1ccnc(-c2cccc(-c3ccccc3)c2)c1. The molecule has 2 N–H and O–H groups in total. The second-order valence-corrected chi connectivity index (χ2v) is 24.4. The minimum Gasteiger partial charge on any atom is -0.496 e. The van der Waals surface area contributed by atoms with Crippen LogP contribution in [-0.2, 0) is 6.42 Å². The van der Waals surface area contributed by atoms with Crippen molar-refractivity contribution in [3.8, 4) is 61.6 Å². The summed E-state index contributed by atoms with van der Waals surface area (Å²) < 4.78 is 5.81. The lowest BCUT2D eigenvalue weighted by Crippen LogP contribution is -2.27. The third-order valence-corrected chi connectivity index (χ3v) is 18.0. The van der Waals surface area contributed by atoms with E-state index in [2.05, 4.69) is 158 Å². The predicted molar refractivity (Wildman–Crippen MR) is 327 cm³/mol. The van der Waals surface area contributed by atoms with Gasteiger partial charge in [-0.2, -0.15) is 0 Å². The number of hydrogen-bond acceptors (Lipinski definition) is 5. The molecule has 2 aliphatic rings. The van der Waals surface area contributed by atoms with Crippen LogP contribution in [0.2, 0.25) is 11.3 Å². The van der Waals surface area contributed by atoms with Crippen molar-refractivity contribution in [2.75, 3.05) is 7.11 Å². The Morgan fingerprint density at radius 3 is 1.53 bits per heavy atom. The van der Waals surface area contributed by atoms with Crippen LogP contribution in [0.1, 0.15) is 103 Å². The van der Waals surface area contributed by atoms with Crippen LogP contribution in [0.3, 0.4) is 0 Å². The summed E-state index contributed by atoms with van der Waals surface area (Å²) in [5, 5.41) is 18.9. The van der Waals surface area contributed by atoms with Crippen LogP contribution in [-0.4, -0.2) is 45.6 Å². The average molecular weight is 1050 g/mol. The minimum absolute atomic E-state index is 0.122. The van der Waals surface area contributed by atoms with Crippen molar-refractivity contribution >= 4 is 31.9 Å². The average Bonchev–Trinajstić information content (AvgIpc) is 3.45. The number of halogens is 1. The Labute approximate surface area is 462 Å². The Morgan fingerprint density at radius 2 is 1.03 bits per heavy atom. The highest BCUT2D eigenvalue weighted by Gasteiger charge is 2.34. The maximum Gasteiger partial charge on any atom is 0.451 e. The van der Waals surface area contributed by atoms with Crippen LogP contribution in [0.5, 0.6) is 5.75 Å². The van der Waals surface area contributed by atoms with Crippen LogP contribution in [0.25, 0.3) is 55.9 Å². The van der Waals surface area contributed by atoms with Crippen LogP contribution in [0.4, 0.5) is 0 Å². The fourth-order valence-corrected chi connectivity index (χ4v) is 14.8. The molecule has 2 heterocycles. The highest BCUT2D eigenvalue weighted by Crippen LogP contribution is 2.56. The Bertz CT molecular complexity index is 2950. The van der Waals surface area contributed by atoms with Gasteiger partial charge in [-0.1, -0.05) is 219 Å². The van der Waals surface area contributed by atoms with Crippen molar-refractivity contribution in [1.29, 1.82) is 0 Å². The molecule has 8 aromatic rings. The van der Waals surface area contributed by atoms with Gasteiger partial charge in [0.15, 0.2) is 0 Å². The van der Waals surface area contributed by atoms with Crippen LogP contribution >= 0.6 is 19.5 Å². The summed E-state index contributed by atoms with van der Waals surface area (Å²) in [5.74, 6) is 2.06. The number of hydrogen-bond donors (Lipinski definition) is 2. The molecule has 0 radical (unpaired) electrons. The lowest BCUT2D eigenvalue weighted by Gasteiger charge is -2.39. The molecule has 0 aliphatic heterocycles. The molecule has 10 rings (SSSR count). The van der Waals surface area contributed by atoms with E-state index in [1.807, 2.05) is 69.6 Å². The van der Waals surface area contributed by atoms with Crippen LogP contribution < -0.4 is 10.0 Å². The quantitative estimate of drug-likeness (QED) is 0.0889. The number of aromatic nitrogens is 2. The first kappa shape index (κ1) is 57.8. The van der Waals surface area contributed by atoms with E-state index in [1.54, 1.807) is 17.6 Å². The smallest absolute Gasteiger partial charge is 0.451 e. The molecule has 0 spiro atoms. The van der Waals surface area contributed by atoms with Crippen molar-refractivity contribution in [2.45, 2.75) is 123 Å². The standard InChI is InChI=1S/C26H35OP.C21H21N.C17H12ClN.C4H11BO2/c1-20-12-11-18-24(27-2)26(20)23-17-9-10-19-25(23)28(21-13-5-3-6-14-21)22-15-7-4-8-16-22;1-16(2)13-17-11-12-22-21(14-17)20-10-6-9-19(15-20)18-7-4-3-5-8-18;18-16-9-10-19-17(12-16)15-8-4-7-14(11-15)13-5-2-1-3-6-13;1-4(2)3-5(6)7/h9-12,17-19,21-22H,3-8,13-16H2,1-2H3;3-12,14-16H,13H2,1-2H3;1-12H;4,6-7H,3H2,1-2H3. The zero-order chi connectivity index (χ0) is 53.7. The van der Waals surface area contributed by atoms with Crippen molar-refractivity contribution in [2.24, 2.45) is 11.8 Å². The molecular formula is C68H79BClN2O3P. The Balaban J connectivity index is 0.000000158. The van der Waals surface area contributed by atoms with E-state index in [0.29, 0.717) is 23.2 Å². The summed E-state index contributed by atoms with van der Waals surface area (Å²) in [7, 11) is 0.565. The van der Waals surface area contributed by atoms with Crippen LogP contribution in [0.15, 0.2) is 188 Å². The van der Waals surface area contributed by atoms with Gasteiger partial charge >= 0.3 is 7.12 Å². The number of pyridine rings is 2. The maximum atomic E-state index is 8.28. The lowest BCUT2D eigenvalue weighted by molar-refractivity contribution is 0.394. The molecule has 0 atom stereocenters. The van der Waals surface area contributed by atoms with Gasteiger partial charge in [-0.05, 0) is 155 Å². The molecule has 394 valence electrons. The van der Waals surface area contributed by atoms with Crippen molar-refractivity contribution in [3.63, 3.8) is 0 Å². The van der Waals surface area contributed by atoms with Gasteiger partial charge in [-0.3, -0.25) is 9.97 Å². The second-order valence-electron chi connectivity index (χ2n) is 21.2.